The molecule has 2 N–H and O–H groups in total. The van der Waals surface area contributed by atoms with Gasteiger partial charge in [0.25, 0.3) is 17.4 Å². The molecule has 2 fully saturated rings. The van der Waals surface area contributed by atoms with E-state index in [1.54, 1.807) is 6.07 Å². The minimum absolute atomic E-state index is 0.260. The maximum Gasteiger partial charge on any atom is 0.275 e. The first-order chi connectivity index (χ1) is 17.9. The van der Waals surface area contributed by atoms with Gasteiger partial charge >= 0.3 is 0 Å². The molecule has 0 amide bonds. The third-order valence-electron chi connectivity index (χ3n) is 6.28. The van der Waals surface area contributed by atoms with Crippen LogP contribution in [0.15, 0.2) is 42.6 Å². The molecule has 1 aromatic carbocycles. The molecule has 10 nitrogen and oxygen atoms in total. The maximum absolute atomic E-state index is 9.71. The molecule has 1 saturated heterocycles. The molecule has 0 spiro atoms. The molecular formula is C26H27ClN10. The van der Waals surface area contributed by atoms with Gasteiger partial charge in [0.1, 0.15) is 0 Å². The van der Waals surface area contributed by atoms with Crippen LogP contribution in [0.2, 0.25) is 5.02 Å². The highest BCUT2D eigenvalue weighted by atomic mass is 35.5. The monoisotopic (exact) mass is 514 g/mol. The number of hydrogen-bond acceptors (Lipinski definition) is 8. The maximum atomic E-state index is 9.71. The molecule has 188 valence electrons. The van der Waals surface area contributed by atoms with Gasteiger partial charge in [-0.2, -0.15) is 10.2 Å². The first-order valence-corrected chi connectivity index (χ1v) is 12.5. The van der Waals surface area contributed by atoms with Crippen LogP contribution in [0.5, 0.6) is 0 Å². The lowest BCUT2D eigenvalue weighted by molar-refractivity contribution is 0.284. The van der Waals surface area contributed by atoms with E-state index in [2.05, 4.69) is 59.1 Å². The standard InChI is InChI=1S/C26H27ClN10/c1-17(2)5-4-8-35-9-11-36(12-10-35)21-14-18(15-28)13-20(23(21)27)32-26-33-24(31-19-6-7-19)25-30-16-22(29-3)37(25)34-26/h4-5,13-14,16,19H,1,6-12H2,2H3,(H2,31,32,33,34)/b5-4+. The van der Waals surface area contributed by atoms with Crippen LogP contribution in [0.3, 0.4) is 0 Å². The zero-order valence-electron chi connectivity index (χ0n) is 20.6. The summed E-state index contributed by atoms with van der Waals surface area (Å²) in [4.78, 5) is 17.0. The minimum atomic E-state index is 0.260. The van der Waals surface area contributed by atoms with Crippen molar-refractivity contribution in [1.82, 2.24) is 24.5 Å². The Morgan fingerprint density at radius 2 is 2.11 bits per heavy atom. The van der Waals surface area contributed by atoms with Crippen LogP contribution in [0.25, 0.3) is 10.5 Å². The number of fused-ring (bicyclic) bond motifs is 1. The number of hydrogen-bond donors (Lipinski definition) is 2. The van der Waals surface area contributed by atoms with Crippen molar-refractivity contribution in [3.63, 3.8) is 0 Å². The van der Waals surface area contributed by atoms with Gasteiger partial charge in [-0.05, 0) is 31.9 Å². The van der Waals surface area contributed by atoms with Gasteiger partial charge < -0.3 is 20.4 Å². The van der Waals surface area contributed by atoms with Crippen LogP contribution >= 0.6 is 11.6 Å². The van der Waals surface area contributed by atoms with Gasteiger partial charge in [0.2, 0.25) is 0 Å². The molecule has 0 unspecified atom stereocenters. The number of aromatic nitrogens is 4. The average molecular weight is 515 g/mol. The molecule has 3 heterocycles. The topological polar surface area (TPSA) is 102 Å². The zero-order valence-corrected chi connectivity index (χ0v) is 21.3. The summed E-state index contributed by atoms with van der Waals surface area (Å²) in [5.74, 6) is 1.10. The van der Waals surface area contributed by atoms with Crippen molar-refractivity contribution in [1.29, 1.82) is 5.26 Å². The molecule has 37 heavy (non-hydrogen) atoms. The lowest BCUT2D eigenvalue weighted by Gasteiger charge is -2.36. The van der Waals surface area contributed by atoms with Gasteiger partial charge in [0.05, 0.1) is 34.2 Å². The second kappa shape index (κ2) is 10.5. The Morgan fingerprint density at radius 1 is 1.32 bits per heavy atom. The highest BCUT2D eigenvalue weighted by molar-refractivity contribution is 6.36. The van der Waals surface area contributed by atoms with Crippen molar-refractivity contribution in [2.24, 2.45) is 0 Å². The average Bonchev–Trinajstić information content (AvgIpc) is 3.61. The van der Waals surface area contributed by atoms with E-state index in [1.807, 2.05) is 19.1 Å². The van der Waals surface area contributed by atoms with Gasteiger partial charge in [-0.3, -0.25) is 4.90 Å². The Hall–Kier alpha value is -4.12. The lowest BCUT2D eigenvalue weighted by Crippen LogP contribution is -2.46. The van der Waals surface area contributed by atoms with Crippen molar-refractivity contribution < 1.29 is 0 Å². The number of nitrogens with zero attached hydrogens (tertiary/aromatic N) is 8. The van der Waals surface area contributed by atoms with Crippen molar-refractivity contribution >= 4 is 46.2 Å². The third kappa shape index (κ3) is 5.51. The number of allylic oxidation sites excluding steroid dienone is 2. The quantitative estimate of drug-likeness (QED) is 0.327. The Bertz CT molecular complexity index is 1450. The van der Waals surface area contributed by atoms with Crippen LogP contribution in [0.4, 0.5) is 29.0 Å². The Balaban J connectivity index is 1.41. The van der Waals surface area contributed by atoms with E-state index >= 15 is 0 Å². The van der Waals surface area contributed by atoms with Crippen molar-refractivity contribution in [2.75, 3.05) is 48.3 Å². The smallest absolute Gasteiger partial charge is 0.275 e. The molecule has 3 aromatic rings. The number of anilines is 4. The third-order valence-corrected chi connectivity index (χ3v) is 6.68. The molecule has 0 atom stereocenters. The molecule has 0 radical (unpaired) electrons. The highest BCUT2D eigenvalue weighted by Gasteiger charge is 2.26. The second-order valence-electron chi connectivity index (χ2n) is 9.30. The van der Waals surface area contributed by atoms with E-state index in [4.69, 9.17) is 18.2 Å². The molecule has 2 aromatic heterocycles. The summed E-state index contributed by atoms with van der Waals surface area (Å²) in [5, 5.41) is 21.2. The lowest BCUT2D eigenvalue weighted by atomic mass is 10.1. The van der Waals surface area contributed by atoms with E-state index < -0.39 is 0 Å². The van der Waals surface area contributed by atoms with Crippen molar-refractivity contribution in [3.05, 3.63) is 64.6 Å². The van der Waals surface area contributed by atoms with E-state index in [0.717, 1.165) is 56.8 Å². The number of halogens is 1. The summed E-state index contributed by atoms with van der Waals surface area (Å²) in [6.45, 7) is 17.5. The number of benzene rings is 1. The predicted octanol–water partition coefficient (Wildman–Crippen LogP) is 4.77. The van der Waals surface area contributed by atoms with E-state index in [-0.39, 0.29) is 11.8 Å². The SMILES string of the molecule is [C-]#[N+]c1cnc2c(NC3CC3)nc(Nc3cc(C#N)cc(N4CCN(C/C=C/C(=C)C)CC4)c3Cl)nn12. The number of nitrogens with one attached hydrogen (secondary N) is 2. The minimum Gasteiger partial charge on any atom is -0.368 e. The van der Waals surface area contributed by atoms with E-state index in [9.17, 15) is 5.26 Å². The molecule has 2 aliphatic rings. The molecule has 1 saturated carbocycles. The molecule has 1 aliphatic carbocycles. The number of nitriles is 1. The Labute approximate surface area is 220 Å². The summed E-state index contributed by atoms with van der Waals surface area (Å²) >= 11 is 6.88. The molecule has 5 rings (SSSR count). The van der Waals surface area contributed by atoms with E-state index in [0.29, 0.717) is 33.8 Å². The Morgan fingerprint density at radius 3 is 2.78 bits per heavy atom. The van der Waals surface area contributed by atoms with Gasteiger partial charge in [0.15, 0.2) is 5.82 Å². The fourth-order valence-electron chi connectivity index (χ4n) is 4.21. The van der Waals surface area contributed by atoms with Crippen LogP contribution < -0.4 is 15.5 Å². The summed E-state index contributed by atoms with van der Waals surface area (Å²) < 4.78 is 1.47. The molecule has 1 aliphatic heterocycles. The fraction of sp³-hybridized carbons (Fsp3) is 0.346. The first kappa shape index (κ1) is 24.6. The van der Waals surface area contributed by atoms with E-state index in [1.165, 1.54) is 10.7 Å². The van der Waals surface area contributed by atoms with Gasteiger partial charge in [-0.25, -0.2) is 4.98 Å². The normalized spacial score (nSPS) is 16.1. The van der Waals surface area contributed by atoms with Crippen LogP contribution in [-0.2, 0) is 0 Å². The summed E-state index contributed by atoms with van der Waals surface area (Å²) in [5.41, 5.74) is 3.34. The Kier molecular flexibility index (Phi) is 6.95. The molecule has 11 heteroatoms. The largest absolute Gasteiger partial charge is 0.368 e. The summed E-state index contributed by atoms with van der Waals surface area (Å²) in [7, 11) is 0. The van der Waals surface area contributed by atoms with Crippen molar-refractivity contribution in [2.45, 2.75) is 25.8 Å². The second-order valence-corrected chi connectivity index (χ2v) is 9.67. The van der Waals surface area contributed by atoms with Crippen LogP contribution in [0, 0.1) is 17.9 Å². The number of piperazine rings is 1. The predicted molar refractivity (Wildman–Crippen MR) is 146 cm³/mol. The fourth-order valence-corrected chi connectivity index (χ4v) is 4.48. The molecule has 0 bridgehead atoms. The zero-order chi connectivity index (χ0) is 25.9. The highest BCUT2D eigenvalue weighted by Crippen LogP contribution is 2.37. The first-order valence-electron chi connectivity index (χ1n) is 12.1. The molecular weight excluding hydrogens is 488 g/mol. The van der Waals surface area contributed by atoms with Crippen LogP contribution in [-0.4, -0.2) is 63.2 Å². The van der Waals surface area contributed by atoms with Gasteiger partial charge in [-0.15, -0.1) is 4.52 Å². The van der Waals surface area contributed by atoms with Crippen LogP contribution in [0.1, 0.15) is 25.3 Å². The summed E-state index contributed by atoms with van der Waals surface area (Å²) in [6, 6.07) is 6.09. The number of imidazole rings is 1. The number of rotatable bonds is 8. The summed E-state index contributed by atoms with van der Waals surface area (Å²) in [6.07, 6.45) is 7.77. The van der Waals surface area contributed by atoms with Gasteiger partial charge in [0, 0.05) is 38.8 Å². The van der Waals surface area contributed by atoms with Gasteiger partial charge in [-0.1, -0.05) is 47.6 Å². The van der Waals surface area contributed by atoms with Crippen molar-refractivity contribution in [3.8, 4) is 6.07 Å².